The highest BCUT2D eigenvalue weighted by Crippen LogP contribution is 2.28. The van der Waals surface area contributed by atoms with E-state index in [0.29, 0.717) is 5.92 Å². The molecular weight excluding hydrogens is 278 g/mol. The number of anilines is 1. The molecule has 0 saturated carbocycles. The van der Waals surface area contributed by atoms with Gasteiger partial charge in [-0.1, -0.05) is 22.9 Å². The van der Waals surface area contributed by atoms with Crippen molar-refractivity contribution in [2.75, 3.05) is 18.0 Å². The van der Waals surface area contributed by atoms with Crippen LogP contribution in [0.2, 0.25) is 0 Å². The van der Waals surface area contributed by atoms with Gasteiger partial charge in [-0.25, -0.2) is 0 Å². The number of hydrogen-bond acceptors (Lipinski definition) is 3. The third-order valence-electron chi connectivity index (χ3n) is 3.39. The molecule has 1 heterocycles. The van der Waals surface area contributed by atoms with Crippen LogP contribution < -0.4 is 10.6 Å². The average molecular weight is 294 g/mol. The Morgan fingerprint density at radius 3 is 2.94 bits per heavy atom. The summed E-state index contributed by atoms with van der Waals surface area (Å²) in [5.41, 5.74) is 7.76. The summed E-state index contributed by atoms with van der Waals surface area (Å²) in [5, 5.41) is 9.14. The van der Waals surface area contributed by atoms with E-state index in [2.05, 4.69) is 33.8 Å². The van der Waals surface area contributed by atoms with Crippen LogP contribution in [0, 0.1) is 17.2 Å². The molecule has 0 spiro atoms. The average Bonchev–Trinajstić information content (AvgIpc) is 2.32. The fraction of sp³-hybridized carbons (Fsp3) is 0.462. The maximum absolute atomic E-state index is 9.14. The quantitative estimate of drug-likeness (QED) is 0.865. The highest BCUT2D eigenvalue weighted by molar-refractivity contribution is 9.10. The predicted octanol–water partition coefficient (Wildman–Crippen LogP) is 2.49. The first-order valence-corrected chi connectivity index (χ1v) is 6.61. The minimum atomic E-state index is 0.281. The highest BCUT2D eigenvalue weighted by Gasteiger charge is 2.24. The van der Waals surface area contributed by atoms with E-state index < -0.39 is 0 Å². The maximum Gasteiger partial charge on any atom is 0.101 e. The summed E-state index contributed by atoms with van der Waals surface area (Å²) in [6.45, 7) is 4.02. The van der Waals surface area contributed by atoms with E-state index in [1.807, 2.05) is 18.2 Å². The number of piperidine rings is 1. The molecule has 0 radical (unpaired) electrons. The van der Waals surface area contributed by atoms with Crippen molar-refractivity contribution in [3.05, 3.63) is 28.2 Å². The lowest BCUT2D eigenvalue weighted by molar-refractivity contribution is 0.383. The molecule has 2 N–H and O–H groups in total. The van der Waals surface area contributed by atoms with Gasteiger partial charge in [0.2, 0.25) is 0 Å². The second kappa shape index (κ2) is 5.07. The molecule has 0 bridgehead atoms. The third kappa shape index (κ3) is 2.62. The van der Waals surface area contributed by atoms with E-state index in [0.717, 1.165) is 35.2 Å². The molecule has 1 aromatic rings. The Balaban J connectivity index is 2.28. The van der Waals surface area contributed by atoms with Crippen LogP contribution in [0.15, 0.2) is 22.7 Å². The highest BCUT2D eigenvalue weighted by atomic mass is 79.9. The molecule has 0 aromatic heterocycles. The van der Waals surface area contributed by atoms with Crippen molar-refractivity contribution in [2.45, 2.75) is 19.4 Å². The van der Waals surface area contributed by atoms with Crippen molar-refractivity contribution in [1.29, 1.82) is 5.26 Å². The monoisotopic (exact) mass is 293 g/mol. The van der Waals surface area contributed by atoms with E-state index in [-0.39, 0.29) is 6.04 Å². The molecule has 0 aliphatic carbocycles. The molecule has 1 aliphatic heterocycles. The van der Waals surface area contributed by atoms with Crippen LogP contribution in [0.25, 0.3) is 0 Å². The number of benzene rings is 1. The lowest BCUT2D eigenvalue weighted by Crippen LogP contribution is -2.46. The molecule has 4 heteroatoms. The van der Waals surface area contributed by atoms with Gasteiger partial charge >= 0.3 is 0 Å². The zero-order valence-electron chi connectivity index (χ0n) is 9.86. The zero-order valence-corrected chi connectivity index (χ0v) is 11.4. The molecule has 0 amide bonds. The first kappa shape index (κ1) is 12.4. The largest absolute Gasteiger partial charge is 0.370 e. The molecule has 2 rings (SSSR count). The second-order valence-electron chi connectivity index (χ2n) is 4.65. The van der Waals surface area contributed by atoms with Crippen molar-refractivity contribution in [3.8, 4) is 6.07 Å². The Hall–Kier alpha value is -1.05. The Morgan fingerprint density at radius 1 is 1.53 bits per heavy atom. The van der Waals surface area contributed by atoms with Gasteiger partial charge in [0.15, 0.2) is 0 Å². The van der Waals surface area contributed by atoms with Gasteiger partial charge in [0, 0.05) is 23.6 Å². The molecule has 1 aliphatic rings. The van der Waals surface area contributed by atoms with E-state index in [4.69, 9.17) is 11.0 Å². The standard InChI is InChI=1S/C13H16BrN3/c1-9-8-17(5-4-12(9)16)13-6-11(14)3-2-10(13)7-15/h2-3,6,9,12H,4-5,8,16H2,1H3. The maximum atomic E-state index is 9.14. The molecule has 1 saturated heterocycles. The van der Waals surface area contributed by atoms with E-state index in [1.54, 1.807) is 0 Å². The van der Waals surface area contributed by atoms with E-state index in [9.17, 15) is 0 Å². The Labute approximate surface area is 110 Å². The van der Waals surface area contributed by atoms with Gasteiger partial charge in [0.25, 0.3) is 0 Å². The molecule has 3 nitrogen and oxygen atoms in total. The lowest BCUT2D eigenvalue weighted by atomic mass is 9.94. The summed E-state index contributed by atoms with van der Waals surface area (Å²) in [4.78, 5) is 2.26. The topological polar surface area (TPSA) is 53.0 Å². The Bertz CT molecular complexity index is 452. The van der Waals surface area contributed by atoms with Crippen LogP contribution in [-0.2, 0) is 0 Å². The number of hydrogen-bond donors (Lipinski definition) is 1. The van der Waals surface area contributed by atoms with Gasteiger partial charge in [-0.15, -0.1) is 0 Å². The molecule has 90 valence electrons. The SMILES string of the molecule is CC1CN(c2cc(Br)ccc2C#N)CCC1N. The minimum absolute atomic E-state index is 0.281. The summed E-state index contributed by atoms with van der Waals surface area (Å²) in [6, 6.07) is 8.31. The number of rotatable bonds is 1. The normalized spacial score (nSPS) is 24.5. The van der Waals surface area contributed by atoms with Crippen LogP contribution in [-0.4, -0.2) is 19.1 Å². The van der Waals surface area contributed by atoms with Crippen molar-refractivity contribution in [1.82, 2.24) is 0 Å². The smallest absolute Gasteiger partial charge is 0.101 e. The van der Waals surface area contributed by atoms with Crippen LogP contribution in [0.1, 0.15) is 18.9 Å². The van der Waals surface area contributed by atoms with Crippen molar-refractivity contribution >= 4 is 21.6 Å². The fourth-order valence-electron chi connectivity index (χ4n) is 2.24. The summed E-state index contributed by atoms with van der Waals surface area (Å²) in [7, 11) is 0. The van der Waals surface area contributed by atoms with Gasteiger partial charge in [-0.05, 0) is 30.5 Å². The van der Waals surface area contributed by atoms with Crippen LogP contribution in [0.4, 0.5) is 5.69 Å². The lowest BCUT2D eigenvalue weighted by Gasteiger charge is -2.37. The predicted molar refractivity (Wildman–Crippen MR) is 72.8 cm³/mol. The van der Waals surface area contributed by atoms with Crippen LogP contribution in [0.5, 0.6) is 0 Å². The van der Waals surface area contributed by atoms with Crippen molar-refractivity contribution < 1.29 is 0 Å². The van der Waals surface area contributed by atoms with E-state index >= 15 is 0 Å². The van der Waals surface area contributed by atoms with Gasteiger partial charge in [0.1, 0.15) is 6.07 Å². The first-order chi connectivity index (χ1) is 8.11. The van der Waals surface area contributed by atoms with Gasteiger partial charge < -0.3 is 10.6 Å². The molecule has 1 aromatic carbocycles. The number of nitrogens with zero attached hydrogens (tertiary/aromatic N) is 2. The zero-order chi connectivity index (χ0) is 12.4. The van der Waals surface area contributed by atoms with Crippen molar-refractivity contribution in [2.24, 2.45) is 11.7 Å². The van der Waals surface area contributed by atoms with E-state index in [1.165, 1.54) is 0 Å². The van der Waals surface area contributed by atoms with Crippen LogP contribution in [0.3, 0.4) is 0 Å². The molecule has 2 atom stereocenters. The summed E-state index contributed by atoms with van der Waals surface area (Å²) in [5.74, 6) is 0.467. The number of nitriles is 1. The summed E-state index contributed by atoms with van der Waals surface area (Å²) in [6.07, 6.45) is 0.985. The molecular formula is C13H16BrN3. The second-order valence-corrected chi connectivity index (χ2v) is 5.56. The third-order valence-corrected chi connectivity index (χ3v) is 3.89. The first-order valence-electron chi connectivity index (χ1n) is 5.82. The molecule has 2 unspecified atom stereocenters. The van der Waals surface area contributed by atoms with Crippen molar-refractivity contribution in [3.63, 3.8) is 0 Å². The van der Waals surface area contributed by atoms with Gasteiger partial charge in [0.05, 0.1) is 11.3 Å². The van der Waals surface area contributed by atoms with Gasteiger partial charge in [-0.2, -0.15) is 5.26 Å². The Kier molecular flexibility index (Phi) is 3.70. The summed E-state index contributed by atoms with van der Waals surface area (Å²) >= 11 is 3.46. The Morgan fingerprint density at radius 2 is 2.29 bits per heavy atom. The fourth-order valence-corrected chi connectivity index (χ4v) is 2.59. The van der Waals surface area contributed by atoms with Crippen LogP contribution >= 0.6 is 15.9 Å². The molecule has 1 fully saturated rings. The number of nitrogens with two attached hydrogens (primary N) is 1. The minimum Gasteiger partial charge on any atom is -0.370 e. The van der Waals surface area contributed by atoms with Gasteiger partial charge in [-0.3, -0.25) is 0 Å². The number of halogens is 1. The summed E-state index contributed by atoms with van der Waals surface area (Å²) < 4.78 is 1.01. The molecule has 17 heavy (non-hydrogen) atoms.